The van der Waals surface area contributed by atoms with E-state index in [1.165, 1.54) is 0 Å². The van der Waals surface area contributed by atoms with Gasteiger partial charge in [-0.25, -0.2) is 4.52 Å². The van der Waals surface area contributed by atoms with Gasteiger partial charge < -0.3 is 5.73 Å². The number of rotatable bonds is 1. The molecule has 0 aromatic carbocycles. The zero-order valence-electron chi connectivity index (χ0n) is 5.81. The van der Waals surface area contributed by atoms with E-state index in [2.05, 4.69) is 15.3 Å². The smallest absolute Gasteiger partial charge is 0.177 e. The van der Waals surface area contributed by atoms with Crippen molar-refractivity contribution in [3.05, 3.63) is 24.2 Å². The Bertz CT molecular complexity index is 366. The van der Waals surface area contributed by atoms with Crippen molar-refractivity contribution in [1.82, 2.24) is 19.8 Å². The van der Waals surface area contributed by atoms with Crippen molar-refractivity contribution in [3.8, 4) is 0 Å². The van der Waals surface area contributed by atoms with E-state index in [0.717, 1.165) is 11.2 Å². The Morgan fingerprint density at radius 2 is 2.45 bits per heavy atom. The van der Waals surface area contributed by atoms with E-state index in [4.69, 9.17) is 5.73 Å². The summed E-state index contributed by atoms with van der Waals surface area (Å²) in [7, 11) is 0. The van der Waals surface area contributed by atoms with E-state index >= 15 is 0 Å². The maximum atomic E-state index is 5.41. The van der Waals surface area contributed by atoms with Crippen LogP contribution in [0, 0.1) is 0 Å². The Morgan fingerprint density at radius 3 is 3.27 bits per heavy atom. The van der Waals surface area contributed by atoms with Crippen LogP contribution in [0.25, 0.3) is 5.65 Å². The molecule has 56 valence electrons. The molecule has 0 aliphatic rings. The van der Waals surface area contributed by atoms with Gasteiger partial charge in [-0.15, -0.1) is 10.2 Å². The molecule has 2 rings (SSSR count). The highest BCUT2D eigenvalue weighted by atomic mass is 15.3. The summed E-state index contributed by atoms with van der Waals surface area (Å²) in [5.74, 6) is 0. The van der Waals surface area contributed by atoms with Crippen molar-refractivity contribution in [2.75, 3.05) is 0 Å². The summed E-state index contributed by atoms with van der Waals surface area (Å²) in [6, 6.07) is 1.86. The van der Waals surface area contributed by atoms with Crippen LogP contribution in [-0.4, -0.2) is 19.8 Å². The number of nitrogens with two attached hydrogens (primary N) is 1. The first-order valence-corrected chi connectivity index (χ1v) is 3.25. The van der Waals surface area contributed by atoms with Gasteiger partial charge in [-0.3, -0.25) is 0 Å². The van der Waals surface area contributed by atoms with Crippen molar-refractivity contribution in [2.24, 2.45) is 5.73 Å². The molecular weight excluding hydrogens is 142 g/mol. The summed E-state index contributed by atoms with van der Waals surface area (Å²) in [4.78, 5) is 0. The molecule has 0 atom stereocenters. The van der Waals surface area contributed by atoms with Gasteiger partial charge in [0, 0.05) is 6.54 Å². The van der Waals surface area contributed by atoms with E-state index in [0.29, 0.717) is 6.54 Å². The Morgan fingerprint density at radius 1 is 1.55 bits per heavy atom. The van der Waals surface area contributed by atoms with Gasteiger partial charge in [-0.05, 0) is 11.6 Å². The molecular formula is C6H7N5. The van der Waals surface area contributed by atoms with Crippen LogP contribution in [-0.2, 0) is 6.54 Å². The van der Waals surface area contributed by atoms with Crippen LogP contribution >= 0.6 is 0 Å². The summed E-state index contributed by atoms with van der Waals surface area (Å²) in [5.41, 5.74) is 7.11. The minimum Gasteiger partial charge on any atom is -0.326 e. The molecule has 0 saturated heterocycles. The van der Waals surface area contributed by atoms with Gasteiger partial charge in [0.25, 0.3) is 0 Å². The fraction of sp³-hybridized carbons (Fsp3) is 0.167. The molecule has 0 bridgehead atoms. The lowest BCUT2D eigenvalue weighted by atomic mass is 10.3. The lowest BCUT2D eigenvalue weighted by molar-refractivity contribution is 0.900. The van der Waals surface area contributed by atoms with Crippen molar-refractivity contribution in [3.63, 3.8) is 0 Å². The van der Waals surface area contributed by atoms with Crippen LogP contribution in [0.1, 0.15) is 5.56 Å². The minimum atomic E-state index is 0.483. The second kappa shape index (κ2) is 2.28. The molecule has 11 heavy (non-hydrogen) atoms. The van der Waals surface area contributed by atoms with Crippen molar-refractivity contribution >= 4 is 5.65 Å². The number of nitrogens with zero attached hydrogens (tertiary/aromatic N) is 4. The second-order valence-electron chi connectivity index (χ2n) is 2.20. The minimum absolute atomic E-state index is 0.483. The van der Waals surface area contributed by atoms with Crippen LogP contribution in [0.5, 0.6) is 0 Å². The maximum absolute atomic E-state index is 5.41. The maximum Gasteiger partial charge on any atom is 0.177 e. The third-order valence-corrected chi connectivity index (χ3v) is 1.45. The highest BCUT2D eigenvalue weighted by molar-refractivity contribution is 5.36. The predicted octanol–water partition coefficient (Wildman–Crippen LogP) is -0.417. The predicted molar refractivity (Wildman–Crippen MR) is 38.7 cm³/mol. The van der Waals surface area contributed by atoms with Gasteiger partial charge in [-0.1, -0.05) is 0 Å². The van der Waals surface area contributed by atoms with E-state index < -0.39 is 0 Å². The fourth-order valence-electron chi connectivity index (χ4n) is 0.874. The van der Waals surface area contributed by atoms with Crippen LogP contribution in [0.15, 0.2) is 18.6 Å². The van der Waals surface area contributed by atoms with Crippen molar-refractivity contribution in [2.45, 2.75) is 6.54 Å². The monoisotopic (exact) mass is 149 g/mol. The van der Waals surface area contributed by atoms with E-state index in [1.807, 2.05) is 6.07 Å². The normalized spacial score (nSPS) is 10.6. The largest absolute Gasteiger partial charge is 0.326 e. The molecule has 0 spiro atoms. The Hall–Kier alpha value is -1.49. The zero-order valence-corrected chi connectivity index (χ0v) is 5.81. The molecule has 0 aliphatic carbocycles. The van der Waals surface area contributed by atoms with Crippen LogP contribution in [0.2, 0.25) is 0 Å². The van der Waals surface area contributed by atoms with Gasteiger partial charge in [0.1, 0.15) is 6.33 Å². The second-order valence-corrected chi connectivity index (χ2v) is 2.20. The Labute approximate surface area is 62.9 Å². The van der Waals surface area contributed by atoms with Crippen LogP contribution in [0.4, 0.5) is 0 Å². The summed E-state index contributed by atoms with van der Waals surface area (Å²) < 4.78 is 1.60. The topological polar surface area (TPSA) is 69.1 Å². The van der Waals surface area contributed by atoms with Gasteiger partial charge in [0.15, 0.2) is 5.65 Å². The SMILES string of the molecule is NCc1cnn2cnnc2c1. The molecule has 0 radical (unpaired) electrons. The molecule has 2 aromatic heterocycles. The number of fused-ring (bicyclic) bond motifs is 1. The molecule has 2 aromatic rings. The van der Waals surface area contributed by atoms with Crippen LogP contribution in [0.3, 0.4) is 0 Å². The zero-order chi connectivity index (χ0) is 7.68. The third-order valence-electron chi connectivity index (χ3n) is 1.45. The molecule has 5 heteroatoms. The van der Waals surface area contributed by atoms with Gasteiger partial charge in [0.2, 0.25) is 0 Å². The van der Waals surface area contributed by atoms with E-state index in [-0.39, 0.29) is 0 Å². The van der Waals surface area contributed by atoms with Gasteiger partial charge >= 0.3 is 0 Å². The highest BCUT2D eigenvalue weighted by Gasteiger charge is 1.95. The Kier molecular flexibility index (Phi) is 1.29. The first-order valence-electron chi connectivity index (χ1n) is 3.25. The quantitative estimate of drug-likeness (QED) is 0.598. The fourth-order valence-corrected chi connectivity index (χ4v) is 0.874. The molecule has 5 nitrogen and oxygen atoms in total. The number of hydrogen-bond donors (Lipinski definition) is 1. The summed E-state index contributed by atoms with van der Waals surface area (Å²) in [6.07, 6.45) is 3.26. The molecule has 0 fully saturated rings. The van der Waals surface area contributed by atoms with Gasteiger partial charge in [-0.2, -0.15) is 5.10 Å². The number of aromatic nitrogens is 4. The number of hydrogen-bond acceptors (Lipinski definition) is 4. The first kappa shape index (κ1) is 6.23. The summed E-state index contributed by atoms with van der Waals surface area (Å²) in [6.45, 7) is 0.483. The summed E-state index contributed by atoms with van der Waals surface area (Å²) in [5, 5.41) is 11.5. The van der Waals surface area contributed by atoms with E-state index in [9.17, 15) is 0 Å². The molecule has 0 unspecified atom stereocenters. The van der Waals surface area contributed by atoms with E-state index in [1.54, 1.807) is 17.0 Å². The molecule has 0 saturated carbocycles. The first-order chi connectivity index (χ1) is 5.40. The standard InChI is InChI=1S/C6H7N5/c7-2-5-1-6-10-8-4-11(6)9-3-5/h1,3-4H,2,7H2. The molecule has 0 aliphatic heterocycles. The van der Waals surface area contributed by atoms with Crippen LogP contribution < -0.4 is 5.73 Å². The van der Waals surface area contributed by atoms with Crippen molar-refractivity contribution in [1.29, 1.82) is 0 Å². The Balaban J connectivity index is 2.67. The van der Waals surface area contributed by atoms with Gasteiger partial charge in [0.05, 0.1) is 6.20 Å². The van der Waals surface area contributed by atoms with Crippen molar-refractivity contribution < 1.29 is 0 Å². The lowest BCUT2D eigenvalue weighted by Crippen LogP contribution is -1.99. The molecule has 2 heterocycles. The highest BCUT2D eigenvalue weighted by Crippen LogP contribution is 1.99. The average molecular weight is 149 g/mol. The summed E-state index contributed by atoms with van der Waals surface area (Å²) >= 11 is 0. The average Bonchev–Trinajstić information content (AvgIpc) is 2.50. The molecule has 2 N–H and O–H groups in total. The lowest BCUT2D eigenvalue weighted by Gasteiger charge is -1.93. The third kappa shape index (κ3) is 0.947. The molecule has 0 amide bonds.